The molecule has 0 aliphatic carbocycles. The van der Waals surface area contributed by atoms with Gasteiger partial charge in [-0.15, -0.1) is 0 Å². The Balaban J connectivity index is 2.76. The second-order valence-electron chi connectivity index (χ2n) is 4.97. The van der Waals surface area contributed by atoms with Crippen molar-refractivity contribution in [3.63, 3.8) is 0 Å². The number of thioether (sulfide) groups is 1. The molecule has 0 aromatic heterocycles. The van der Waals surface area contributed by atoms with Crippen LogP contribution in [0.4, 0.5) is 5.69 Å². The van der Waals surface area contributed by atoms with Crippen LogP contribution < -0.4 is 10.0 Å². The van der Waals surface area contributed by atoms with Gasteiger partial charge in [0.15, 0.2) is 0 Å². The molecular weight excluding hydrogens is 304 g/mol. The van der Waals surface area contributed by atoms with Gasteiger partial charge in [-0.25, -0.2) is 13.1 Å². The van der Waals surface area contributed by atoms with Gasteiger partial charge in [-0.1, -0.05) is 20.8 Å². The van der Waals surface area contributed by atoms with E-state index < -0.39 is 10.0 Å². The number of anilines is 1. The van der Waals surface area contributed by atoms with Crippen molar-refractivity contribution in [2.24, 2.45) is 0 Å². The Labute approximate surface area is 133 Å². The number of rotatable bonds is 9. The Kier molecular flexibility index (Phi) is 7.03. The molecule has 0 saturated heterocycles. The van der Waals surface area contributed by atoms with E-state index in [1.165, 1.54) is 0 Å². The molecule has 0 heterocycles. The molecule has 0 bridgehead atoms. The van der Waals surface area contributed by atoms with E-state index in [1.54, 1.807) is 19.1 Å². The molecule has 0 atom stereocenters. The molecule has 0 amide bonds. The molecule has 0 radical (unpaired) electrons. The molecule has 1 aromatic carbocycles. The molecule has 120 valence electrons. The molecule has 2 N–H and O–H groups in total. The third-order valence-corrected chi connectivity index (χ3v) is 6.98. The van der Waals surface area contributed by atoms with Gasteiger partial charge in [-0.05, 0) is 43.4 Å². The van der Waals surface area contributed by atoms with Crippen molar-refractivity contribution in [2.45, 2.75) is 43.3 Å². The van der Waals surface area contributed by atoms with Gasteiger partial charge in [-0.2, -0.15) is 11.8 Å². The molecule has 1 aromatic rings. The van der Waals surface area contributed by atoms with Gasteiger partial charge in [0.25, 0.3) is 0 Å². The second kappa shape index (κ2) is 8.06. The Morgan fingerprint density at radius 1 is 1.10 bits per heavy atom. The number of sulfonamides is 1. The lowest BCUT2D eigenvalue weighted by atomic mass is 10.0. The van der Waals surface area contributed by atoms with E-state index in [4.69, 9.17) is 0 Å². The van der Waals surface area contributed by atoms with Gasteiger partial charge in [-0.3, -0.25) is 0 Å². The summed E-state index contributed by atoms with van der Waals surface area (Å²) in [5, 5.41) is 3.41. The first kappa shape index (κ1) is 18.3. The van der Waals surface area contributed by atoms with Crippen LogP contribution >= 0.6 is 11.8 Å². The molecule has 0 aliphatic heterocycles. The first-order chi connectivity index (χ1) is 9.93. The summed E-state index contributed by atoms with van der Waals surface area (Å²) >= 11 is 1.88. The molecule has 21 heavy (non-hydrogen) atoms. The number of hydrogen-bond donors (Lipinski definition) is 2. The maximum atomic E-state index is 11.9. The van der Waals surface area contributed by atoms with Gasteiger partial charge in [0.1, 0.15) is 0 Å². The van der Waals surface area contributed by atoms with Crippen molar-refractivity contribution >= 4 is 27.5 Å². The molecule has 0 saturated carbocycles. The van der Waals surface area contributed by atoms with Crippen molar-refractivity contribution in [2.75, 3.05) is 24.7 Å². The first-order valence-electron chi connectivity index (χ1n) is 7.31. The van der Waals surface area contributed by atoms with Crippen LogP contribution in [0.3, 0.4) is 0 Å². The minimum absolute atomic E-state index is 0.231. The fourth-order valence-corrected chi connectivity index (χ4v) is 3.98. The van der Waals surface area contributed by atoms with Crippen LogP contribution in [0.15, 0.2) is 29.2 Å². The molecule has 0 unspecified atom stereocenters. The smallest absolute Gasteiger partial charge is 0.240 e. The van der Waals surface area contributed by atoms with Gasteiger partial charge in [0, 0.05) is 23.5 Å². The predicted molar refractivity (Wildman–Crippen MR) is 92.6 cm³/mol. The van der Waals surface area contributed by atoms with Gasteiger partial charge in [0.05, 0.1) is 4.90 Å². The molecule has 1 rings (SSSR count). The molecule has 6 heteroatoms. The number of nitrogens with one attached hydrogen (secondary N) is 2. The Morgan fingerprint density at radius 2 is 1.67 bits per heavy atom. The average molecular weight is 331 g/mol. The highest BCUT2D eigenvalue weighted by Crippen LogP contribution is 2.30. The van der Waals surface area contributed by atoms with Crippen LogP contribution in [-0.4, -0.2) is 32.5 Å². The van der Waals surface area contributed by atoms with E-state index in [1.807, 2.05) is 23.9 Å². The predicted octanol–water partition coefficient (Wildman–Crippen LogP) is 3.32. The maximum absolute atomic E-state index is 11.9. The van der Waals surface area contributed by atoms with Crippen molar-refractivity contribution in [3.05, 3.63) is 24.3 Å². The molecule has 4 nitrogen and oxygen atoms in total. The number of hydrogen-bond acceptors (Lipinski definition) is 4. The van der Waals surface area contributed by atoms with Crippen LogP contribution in [0.2, 0.25) is 0 Å². The Hall–Kier alpha value is -0.720. The molecule has 0 fully saturated rings. The monoisotopic (exact) mass is 330 g/mol. The highest BCUT2D eigenvalue weighted by atomic mass is 32.2. The summed E-state index contributed by atoms with van der Waals surface area (Å²) in [5.74, 6) is 0. The molecular formula is C15H26N2O2S2. The van der Waals surface area contributed by atoms with Gasteiger partial charge in [0.2, 0.25) is 10.0 Å². The summed E-state index contributed by atoms with van der Waals surface area (Å²) in [6.07, 6.45) is 4.34. The lowest BCUT2D eigenvalue weighted by Gasteiger charge is -2.30. The van der Waals surface area contributed by atoms with E-state index in [-0.39, 0.29) is 4.75 Å². The van der Waals surface area contributed by atoms with Gasteiger partial charge >= 0.3 is 0 Å². The van der Waals surface area contributed by atoms with E-state index in [2.05, 4.69) is 30.1 Å². The fraction of sp³-hybridized carbons (Fsp3) is 0.600. The Morgan fingerprint density at radius 3 is 2.10 bits per heavy atom. The summed E-state index contributed by atoms with van der Waals surface area (Å²) in [7, 11) is -3.37. The zero-order valence-electron chi connectivity index (χ0n) is 13.3. The topological polar surface area (TPSA) is 58.2 Å². The van der Waals surface area contributed by atoms with Crippen molar-refractivity contribution < 1.29 is 8.42 Å². The standard InChI is InChI=1S/C15H26N2O2S2/c1-5-15(6-2,20-4)12-16-13-8-10-14(11-9-13)21(18,19)17-7-3/h8-11,16-17H,5-7,12H2,1-4H3. The van der Waals surface area contributed by atoms with Crippen molar-refractivity contribution in [3.8, 4) is 0 Å². The van der Waals surface area contributed by atoms with Crippen molar-refractivity contribution in [1.29, 1.82) is 0 Å². The van der Waals surface area contributed by atoms with Crippen LogP contribution in [0.1, 0.15) is 33.6 Å². The van der Waals surface area contributed by atoms with Crippen LogP contribution in [0, 0.1) is 0 Å². The van der Waals surface area contributed by atoms with Crippen molar-refractivity contribution in [1.82, 2.24) is 4.72 Å². The number of benzene rings is 1. The lowest BCUT2D eigenvalue weighted by Crippen LogP contribution is -2.32. The summed E-state index contributed by atoms with van der Waals surface area (Å²) < 4.78 is 26.4. The summed E-state index contributed by atoms with van der Waals surface area (Å²) in [5.41, 5.74) is 0.950. The minimum Gasteiger partial charge on any atom is -0.384 e. The van der Waals surface area contributed by atoms with Crippen LogP contribution in [-0.2, 0) is 10.0 Å². The van der Waals surface area contributed by atoms with E-state index >= 15 is 0 Å². The SMILES string of the molecule is CCNS(=O)(=O)c1ccc(NCC(CC)(CC)SC)cc1. The van der Waals surface area contributed by atoms with Gasteiger partial charge < -0.3 is 5.32 Å². The maximum Gasteiger partial charge on any atom is 0.240 e. The minimum atomic E-state index is -3.37. The summed E-state index contributed by atoms with van der Waals surface area (Å²) in [6.45, 7) is 7.44. The molecule has 0 spiro atoms. The third kappa shape index (κ3) is 4.90. The highest BCUT2D eigenvalue weighted by Gasteiger charge is 2.24. The van der Waals surface area contributed by atoms with E-state index in [0.717, 1.165) is 25.1 Å². The van der Waals surface area contributed by atoms with Crippen LogP contribution in [0.25, 0.3) is 0 Å². The lowest BCUT2D eigenvalue weighted by molar-refractivity contribution is 0.574. The van der Waals surface area contributed by atoms with E-state index in [0.29, 0.717) is 11.4 Å². The molecule has 0 aliphatic rings. The summed E-state index contributed by atoms with van der Waals surface area (Å²) in [6, 6.07) is 6.92. The van der Waals surface area contributed by atoms with Crippen LogP contribution in [0.5, 0.6) is 0 Å². The van der Waals surface area contributed by atoms with E-state index in [9.17, 15) is 8.42 Å². The zero-order chi connectivity index (χ0) is 15.9. The Bertz CT molecular complexity index is 515. The summed E-state index contributed by atoms with van der Waals surface area (Å²) in [4.78, 5) is 0.303. The normalized spacial score (nSPS) is 12.4. The zero-order valence-corrected chi connectivity index (χ0v) is 14.9. The fourth-order valence-electron chi connectivity index (χ4n) is 2.15. The third-order valence-electron chi connectivity index (χ3n) is 3.84. The quantitative estimate of drug-likeness (QED) is 0.729. The second-order valence-corrected chi connectivity index (χ2v) is 8.01. The first-order valence-corrected chi connectivity index (χ1v) is 10.0. The average Bonchev–Trinajstić information content (AvgIpc) is 2.50. The highest BCUT2D eigenvalue weighted by molar-refractivity contribution is 8.00. The largest absolute Gasteiger partial charge is 0.384 e.